The average molecular weight is 386 g/mol. The second-order valence-electron chi connectivity index (χ2n) is 7.57. The van der Waals surface area contributed by atoms with Crippen molar-refractivity contribution >= 4 is 17.4 Å². The smallest absolute Gasteiger partial charge is 0.253 e. The summed E-state index contributed by atoms with van der Waals surface area (Å²) in [6, 6.07) is 19.9. The van der Waals surface area contributed by atoms with Crippen molar-refractivity contribution in [1.29, 1.82) is 0 Å². The molecule has 0 saturated heterocycles. The van der Waals surface area contributed by atoms with Crippen LogP contribution in [0.15, 0.2) is 67.0 Å². The molecule has 2 aromatic carbocycles. The zero-order valence-electron chi connectivity index (χ0n) is 16.7. The van der Waals surface area contributed by atoms with Crippen LogP contribution >= 0.6 is 0 Å². The van der Waals surface area contributed by atoms with Crippen LogP contribution in [0, 0.1) is 0 Å². The quantitative estimate of drug-likeness (QED) is 0.647. The molecule has 1 saturated carbocycles. The lowest BCUT2D eigenvalue weighted by Crippen LogP contribution is -2.38. The number of carbonyl (C=O) groups excluding carboxylic acids is 1. The highest BCUT2D eigenvalue weighted by atomic mass is 16.2. The van der Waals surface area contributed by atoms with Gasteiger partial charge in [0, 0.05) is 36.0 Å². The molecule has 4 rings (SSSR count). The summed E-state index contributed by atoms with van der Waals surface area (Å²) in [5.74, 6) is 0.775. The summed E-state index contributed by atoms with van der Waals surface area (Å²) >= 11 is 0. The van der Waals surface area contributed by atoms with Crippen LogP contribution in [0.1, 0.15) is 42.5 Å². The Bertz CT molecular complexity index is 967. The van der Waals surface area contributed by atoms with Crippen LogP contribution in [0.5, 0.6) is 0 Å². The number of nitrogens with zero attached hydrogens (tertiary/aromatic N) is 3. The first-order chi connectivity index (χ1) is 14.2. The molecule has 0 bridgehead atoms. The zero-order chi connectivity index (χ0) is 20.1. The monoisotopic (exact) mass is 386 g/mol. The van der Waals surface area contributed by atoms with Gasteiger partial charge in [0.2, 0.25) is 0 Å². The van der Waals surface area contributed by atoms with Gasteiger partial charge in [-0.2, -0.15) is 0 Å². The van der Waals surface area contributed by atoms with E-state index < -0.39 is 0 Å². The van der Waals surface area contributed by atoms with E-state index >= 15 is 0 Å². The van der Waals surface area contributed by atoms with E-state index in [2.05, 4.69) is 15.3 Å². The van der Waals surface area contributed by atoms with E-state index in [0.29, 0.717) is 17.4 Å². The Labute approximate surface area is 171 Å². The summed E-state index contributed by atoms with van der Waals surface area (Å²) in [5.41, 5.74) is 3.43. The van der Waals surface area contributed by atoms with Crippen molar-refractivity contribution < 1.29 is 4.79 Å². The molecule has 1 aliphatic carbocycles. The topological polar surface area (TPSA) is 58.1 Å². The highest BCUT2D eigenvalue weighted by Gasteiger charge is 2.23. The van der Waals surface area contributed by atoms with Gasteiger partial charge in [0.15, 0.2) is 0 Å². The van der Waals surface area contributed by atoms with Gasteiger partial charge in [-0.25, -0.2) is 9.97 Å². The molecule has 5 nitrogen and oxygen atoms in total. The molecule has 5 heteroatoms. The second kappa shape index (κ2) is 8.86. The number of anilines is 2. The Hall–Kier alpha value is -3.21. The summed E-state index contributed by atoms with van der Waals surface area (Å²) in [5, 5.41) is 3.31. The van der Waals surface area contributed by atoms with Gasteiger partial charge in [-0.05, 0) is 31.0 Å². The van der Waals surface area contributed by atoms with Crippen LogP contribution in [0.2, 0.25) is 0 Å². The normalized spacial score (nSPS) is 14.4. The van der Waals surface area contributed by atoms with Crippen molar-refractivity contribution in [1.82, 2.24) is 14.9 Å². The lowest BCUT2D eigenvalue weighted by atomic mass is 9.94. The zero-order valence-corrected chi connectivity index (χ0v) is 16.7. The maximum Gasteiger partial charge on any atom is 0.253 e. The molecule has 1 amide bonds. The summed E-state index contributed by atoms with van der Waals surface area (Å²) in [6.07, 6.45) is 7.45. The molecule has 0 aliphatic heterocycles. The molecule has 0 unspecified atom stereocenters. The van der Waals surface area contributed by atoms with E-state index in [0.717, 1.165) is 29.8 Å². The van der Waals surface area contributed by atoms with E-state index in [1.165, 1.54) is 19.3 Å². The van der Waals surface area contributed by atoms with Gasteiger partial charge in [0.25, 0.3) is 5.91 Å². The number of rotatable bonds is 5. The van der Waals surface area contributed by atoms with Gasteiger partial charge in [-0.15, -0.1) is 0 Å². The third kappa shape index (κ3) is 4.62. The Morgan fingerprint density at radius 2 is 1.76 bits per heavy atom. The minimum absolute atomic E-state index is 0.0770. The van der Waals surface area contributed by atoms with Crippen LogP contribution in [-0.2, 0) is 0 Å². The standard InChI is InChI=1S/C24H26N4O/c1-28(21-13-6-3-7-14-21)24(29)19-11-8-12-20(15-19)27-23-16-22(25-17-26-23)18-9-4-2-5-10-18/h2,4-5,8-12,15-17,21H,3,6-7,13-14H2,1H3,(H,25,26,27). The van der Waals surface area contributed by atoms with Gasteiger partial charge in [-0.1, -0.05) is 55.7 Å². The SMILES string of the molecule is CN(C(=O)c1cccc(Nc2cc(-c3ccccc3)ncn2)c1)C1CCCCC1. The number of amides is 1. The molecule has 1 heterocycles. The largest absolute Gasteiger partial charge is 0.340 e. The maximum atomic E-state index is 13.0. The molecule has 1 N–H and O–H groups in total. The lowest BCUT2D eigenvalue weighted by Gasteiger charge is -2.31. The Balaban J connectivity index is 1.50. The highest BCUT2D eigenvalue weighted by Crippen LogP contribution is 2.25. The first-order valence-corrected chi connectivity index (χ1v) is 10.2. The van der Waals surface area contributed by atoms with Gasteiger partial charge in [-0.3, -0.25) is 4.79 Å². The second-order valence-corrected chi connectivity index (χ2v) is 7.57. The summed E-state index contributed by atoms with van der Waals surface area (Å²) in [4.78, 5) is 23.6. The average Bonchev–Trinajstić information content (AvgIpc) is 2.79. The number of aromatic nitrogens is 2. The molecule has 0 radical (unpaired) electrons. The van der Waals surface area contributed by atoms with Gasteiger partial charge >= 0.3 is 0 Å². The van der Waals surface area contributed by atoms with Crippen molar-refractivity contribution in [2.45, 2.75) is 38.1 Å². The molecule has 1 fully saturated rings. The van der Waals surface area contributed by atoms with Crippen LogP contribution < -0.4 is 5.32 Å². The van der Waals surface area contributed by atoms with E-state index in [-0.39, 0.29) is 5.91 Å². The van der Waals surface area contributed by atoms with Crippen molar-refractivity contribution in [3.8, 4) is 11.3 Å². The predicted octanol–water partition coefficient (Wildman–Crippen LogP) is 5.29. The third-order valence-corrected chi connectivity index (χ3v) is 5.56. The lowest BCUT2D eigenvalue weighted by molar-refractivity contribution is 0.0696. The fourth-order valence-corrected chi connectivity index (χ4v) is 3.91. The Morgan fingerprint density at radius 3 is 2.55 bits per heavy atom. The van der Waals surface area contributed by atoms with E-state index in [1.54, 1.807) is 6.33 Å². The van der Waals surface area contributed by atoms with Gasteiger partial charge in [0.1, 0.15) is 12.1 Å². The van der Waals surface area contributed by atoms with Gasteiger partial charge < -0.3 is 10.2 Å². The molecular formula is C24H26N4O. The predicted molar refractivity (Wildman–Crippen MR) is 116 cm³/mol. The van der Waals surface area contributed by atoms with Gasteiger partial charge in [0.05, 0.1) is 5.69 Å². The number of benzene rings is 2. The molecule has 3 aromatic rings. The van der Waals surface area contributed by atoms with E-state index in [4.69, 9.17) is 0 Å². The summed E-state index contributed by atoms with van der Waals surface area (Å²) < 4.78 is 0. The minimum atomic E-state index is 0.0770. The van der Waals surface area contributed by atoms with Crippen LogP contribution in [-0.4, -0.2) is 33.9 Å². The van der Waals surface area contributed by atoms with Crippen molar-refractivity contribution in [2.24, 2.45) is 0 Å². The fourth-order valence-electron chi connectivity index (χ4n) is 3.91. The molecule has 29 heavy (non-hydrogen) atoms. The first-order valence-electron chi connectivity index (χ1n) is 10.2. The molecule has 1 aromatic heterocycles. The third-order valence-electron chi connectivity index (χ3n) is 5.56. The number of hydrogen-bond donors (Lipinski definition) is 1. The number of nitrogens with one attached hydrogen (secondary N) is 1. The molecule has 0 spiro atoms. The minimum Gasteiger partial charge on any atom is -0.340 e. The van der Waals surface area contributed by atoms with Crippen molar-refractivity contribution in [2.75, 3.05) is 12.4 Å². The Kier molecular flexibility index (Phi) is 5.84. The molecule has 0 atom stereocenters. The van der Waals surface area contributed by atoms with Crippen LogP contribution in [0.4, 0.5) is 11.5 Å². The highest BCUT2D eigenvalue weighted by molar-refractivity contribution is 5.95. The van der Waals surface area contributed by atoms with E-state index in [1.807, 2.05) is 72.6 Å². The van der Waals surface area contributed by atoms with E-state index in [9.17, 15) is 4.79 Å². The fraction of sp³-hybridized carbons (Fsp3) is 0.292. The maximum absolute atomic E-state index is 13.0. The summed E-state index contributed by atoms with van der Waals surface area (Å²) in [7, 11) is 1.93. The number of carbonyl (C=O) groups is 1. The Morgan fingerprint density at radius 1 is 0.966 bits per heavy atom. The number of hydrogen-bond acceptors (Lipinski definition) is 4. The molecular weight excluding hydrogens is 360 g/mol. The van der Waals surface area contributed by atoms with Crippen LogP contribution in [0.3, 0.4) is 0 Å². The van der Waals surface area contributed by atoms with Crippen molar-refractivity contribution in [3.05, 3.63) is 72.6 Å². The molecule has 148 valence electrons. The summed E-state index contributed by atoms with van der Waals surface area (Å²) in [6.45, 7) is 0. The first kappa shape index (κ1) is 19.1. The molecule has 1 aliphatic rings. The van der Waals surface area contributed by atoms with Crippen LogP contribution in [0.25, 0.3) is 11.3 Å². The van der Waals surface area contributed by atoms with Crippen molar-refractivity contribution in [3.63, 3.8) is 0 Å².